The zero-order valence-electron chi connectivity index (χ0n) is 10.6. The van der Waals surface area contributed by atoms with Crippen LogP contribution in [-0.2, 0) is 11.3 Å². The Morgan fingerprint density at radius 1 is 1.44 bits per heavy atom. The lowest BCUT2D eigenvalue weighted by Gasteiger charge is -2.29. The molecule has 0 aliphatic heterocycles. The van der Waals surface area contributed by atoms with Gasteiger partial charge in [-0.25, -0.2) is 0 Å². The number of aromatic nitrogens is 3. The Hall–Kier alpha value is -1.43. The zero-order chi connectivity index (χ0) is 12.8. The molecule has 0 aromatic carbocycles. The van der Waals surface area contributed by atoms with Gasteiger partial charge in [-0.2, -0.15) is 0 Å². The average Bonchev–Trinajstić information content (AvgIpc) is 2.91. The molecule has 1 fully saturated rings. The van der Waals surface area contributed by atoms with Gasteiger partial charge in [-0.05, 0) is 25.3 Å². The summed E-state index contributed by atoms with van der Waals surface area (Å²) in [5.74, 6) is 0.592. The molecule has 6 nitrogen and oxygen atoms in total. The van der Waals surface area contributed by atoms with Crippen LogP contribution in [-0.4, -0.2) is 34.0 Å². The van der Waals surface area contributed by atoms with Crippen molar-refractivity contribution >= 4 is 5.91 Å². The van der Waals surface area contributed by atoms with E-state index in [4.69, 9.17) is 5.73 Å². The summed E-state index contributed by atoms with van der Waals surface area (Å²) < 4.78 is 1.71. The summed E-state index contributed by atoms with van der Waals surface area (Å²) in [5, 5.41) is 10.5. The highest BCUT2D eigenvalue weighted by molar-refractivity contribution is 5.79. The first-order chi connectivity index (χ1) is 8.81. The van der Waals surface area contributed by atoms with Gasteiger partial charge < -0.3 is 11.1 Å². The van der Waals surface area contributed by atoms with Crippen molar-refractivity contribution in [3.63, 3.8) is 0 Å². The average molecular weight is 251 g/mol. The van der Waals surface area contributed by atoms with Gasteiger partial charge in [-0.15, -0.1) is 5.10 Å². The van der Waals surface area contributed by atoms with Crippen LogP contribution in [0.4, 0.5) is 0 Å². The first-order valence-electron chi connectivity index (χ1n) is 6.63. The van der Waals surface area contributed by atoms with Crippen molar-refractivity contribution in [2.24, 2.45) is 17.6 Å². The van der Waals surface area contributed by atoms with Crippen LogP contribution in [0.3, 0.4) is 0 Å². The summed E-state index contributed by atoms with van der Waals surface area (Å²) in [6.07, 6.45) is 7.81. The van der Waals surface area contributed by atoms with Crippen molar-refractivity contribution < 1.29 is 4.79 Å². The zero-order valence-corrected chi connectivity index (χ0v) is 10.6. The SMILES string of the molecule is NCC1CCCCC1C(=O)NCCn1ccnn1. The Kier molecular flexibility index (Phi) is 4.69. The molecule has 1 aromatic rings. The summed E-state index contributed by atoms with van der Waals surface area (Å²) in [6.45, 7) is 1.86. The summed E-state index contributed by atoms with van der Waals surface area (Å²) >= 11 is 0. The Balaban J connectivity index is 1.76. The molecule has 0 saturated heterocycles. The lowest BCUT2D eigenvalue weighted by molar-refractivity contribution is -0.127. The van der Waals surface area contributed by atoms with E-state index in [-0.39, 0.29) is 11.8 Å². The van der Waals surface area contributed by atoms with Crippen molar-refractivity contribution in [1.29, 1.82) is 0 Å². The molecule has 0 spiro atoms. The van der Waals surface area contributed by atoms with Crippen molar-refractivity contribution in [2.45, 2.75) is 32.2 Å². The number of nitrogens with two attached hydrogens (primary N) is 1. The van der Waals surface area contributed by atoms with Crippen LogP contribution >= 0.6 is 0 Å². The van der Waals surface area contributed by atoms with E-state index in [2.05, 4.69) is 15.6 Å². The van der Waals surface area contributed by atoms with Gasteiger partial charge in [0.05, 0.1) is 12.7 Å². The minimum Gasteiger partial charge on any atom is -0.354 e. The Labute approximate surface area is 107 Å². The van der Waals surface area contributed by atoms with Crippen molar-refractivity contribution in [3.05, 3.63) is 12.4 Å². The normalized spacial score (nSPS) is 23.8. The van der Waals surface area contributed by atoms with Crippen molar-refractivity contribution in [3.8, 4) is 0 Å². The van der Waals surface area contributed by atoms with E-state index in [1.54, 1.807) is 17.1 Å². The molecular formula is C12H21N5O. The van der Waals surface area contributed by atoms with Crippen LogP contribution in [0.1, 0.15) is 25.7 Å². The molecular weight excluding hydrogens is 230 g/mol. The molecule has 1 saturated carbocycles. The number of nitrogens with zero attached hydrogens (tertiary/aromatic N) is 3. The number of hydrogen-bond acceptors (Lipinski definition) is 4. The van der Waals surface area contributed by atoms with E-state index in [1.165, 1.54) is 6.42 Å². The second-order valence-corrected chi connectivity index (χ2v) is 4.84. The molecule has 2 rings (SSSR count). The maximum absolute atomic E-state index is 12.1. The van der Waals surface area contributed by atoms with Crippen LogP contribution in [0.25, 0.3) is 0 Å². The lowest BCUT2D eigenvalue weighted by Crippen LogP contribution is -2.40. The molecule has 1 amide bonds. The summed E-state index contributed by atoms with van der Waals surface area (Å²) in [6, 6.07) is 0. The highest BCUT2D eigenvalue weighted by atomic mass is 16.1. The van der Waals surface area contributed by atoms with Crippen LogP contribution in [0.15, 0.2) is 12.4 Å². The third-order valence-electron chi connectivity index (χ3n) is 3.66. The van der Waals surface area contributed by atoms with E-state index in [0.717, 1.165) is 19.3 Å². The fourth-order valence-electron chi connectivity index (χ4n) is 2.61. The van der Waals surface area contributed by atoms with Gasteiger partial charge in [0.15, 0.2) is 0 Å². The molecule has 18 heavy (non-hydrogen) atoms. The molecule has 3 N–H and O–H groups in total. The first-order valence-corrected chi connectivity index (χ1v) is 6.63. The topological polar surface area (TPSA) is 85.8 Å². The highest BCUT2D eigenvalue weighted by Gasteiger charge is 2.29. The molecule has 2 unspecified atom stereocenters. The maximum atomic E-state index is 12.1. The lowest BCUT2D eigenvalue weighted by atomic mass is 9.79. The van der Waals surface area contributed by atoms with Crippen LogP contribution in [0.2, 0.25) is 0 Å². The van der Waals surface area contributed by atoms with Gasteiger partial charge in [0.25, 0.3) is 0 Å². The quantitative estimate of drug-likeness (QED) is 0.780. The van der Waals surface area contributed by atoms with Gasteiger partial charge >= 0.3 is 0 Å². The Morgan fingerprint density at radius 3 is 3.00 bits per heavy atom. The van der Waals surface area contributed by atoms with E-state index < -0.39 is 0 Å². The first kappa shape index (κ1) is 13.0. The highest BCUT2D eigenvalue weighted by Crippen LogP contribution is 2.29. The van der Waals surface area contributed by atoms with Gasteiger partial charge in [0.2, 0.25) is 5.91 Å². The van der Waals surface area contributed by atoms with E-state index >= 15 is 0 Å². The third kappa shape index (κ3) is 3.29. The summed E-state index contributed by atoms with van der Waals surface area (Å²) in [7, 11) is 0. The number of hydrogen-bond donors (Lipinski definition) is 2. The molecule has 100 valence electrons. The van der Waals surface area contributed by atoms with Crippen molar-refractivity contribution in [2.75, 3.05) is 13.1 Å². The summed E-state index contributed by atoms with van der Waals surface area (Å²) in [5.41, 5.74) is 5.73. The van der Waals surface area contributed by atoms with E-state index in [0.29, 0.717) is 25.6 Å². The van der Waals surface area contributed by atoms with Crippen LogP contribution in [0, 0.1) is 11.8 Å². The second-order valence-electron chi connectivity index (χ2n) is 4.84. The molecule has 2 atom stereocenters. The van der Waals surface area contributed by atoms with Gasteiger partial charge in [-0.1, -0.05) is 18.1 Å². The Morgan fingerprint density at radius 2 is 2.28 bits per heavy atom. The van der Waals surface area contributed by atoms with Gasteiger partial charge in [0.1, 0.15) is 0 Å². The molecule has 1 aliphatic rings. The molecule has 1 aliphatic carbocycles. The maximum Gasteiger partial charge on any atom is 0.223 e. The third-order valence-corrected chi connectivity index (χ3v) is 3.66. The monoisotopic (exact) mass is 251 g/mol. The summed E-state index contributed by atoms with van der Waals surface area (Å²) in [4.78, 5) is 12.1. The fourth-order valence-corrected chi connectivity index (χ4v) is 2.61. The number of carbonyl (C=O) groups is 1. The predicted molar refractivity (Wildman–Crippen MR) is 67.5 cm³/mol. The largest absolute Gasteiger partial charge is 0.354 e. The molecule has 0 radical (unpaired) electrons. The Bertz CT molecular complexity index is 365. The van der Waals surface area contributed by atoms with Crippen LogP contribution in [0.5, 0.6) is 0 Å². The molecule has 0 bridgehead atoms. The smallest absolute Gasteiger partial charge is 0.223 e. The van der Waals surface area contributed by atoms with E-state index in [9.17, 15) is 4.79 Å². The standard InChI is InChI=1S/C12H21N5O/c13-9-10-3-1-2-4-11(10)12(18)14-5-7-17-8-6-15-16-17/h6,8,10-11H,1-5,7,9,13H2,(H,14,18). The van der Waals surface area contributed by atoms with Gasteiger partial charge in [-0.3, -0.25) is 9.48 Å². The van der Waals surface area contributed by atoms with E-state index in [1.807, 2.05) is 0 Å². The minimum atomic E-state index is 0.0968. The predicted octanol–water partition coefficient (Wildman–Crippen LogP) is 0.159. The number of rotatable bonds is 5. The fraction of sp³-hybridized carbons (Fsp3) is 0.750. The molecule has 1 heterocycles. The molecule has 1 aromatic heterocycles. The van der Waals surface area contributed by atoms with Crippen molar-refractivity contribution in [1.82, 2.24) is 20.3 Å². The number of carbonyl (C=O) groups excluding carboxylic acids is 1. The number of nitrogens with one attached hydrogen (secondary N) is 1. The van der Waals surface area contributed by atoms with Crippen LogP contribution < -0.4 is 11.1 Å². The second kappa shape index (κ2) is 6.49. The number of amides is 1. The minimum absolute atomic E-state index is 0.0968. The van der Waals surface area contributed by atoms with Gasteiger partial charge in [0, 0.05) is 18.7 Å². The molecule has 6 heteroatoms.